The van der Waals surface area contributed by atoms with E-state index in [-0.39, 0.29) is 5.56 Å². The van der Waals surface area contributed by atoms with E-state index in [4.69, 9.17) is 17.3 Å². The molecule has 0 unspecified atom stereocenters. The molecule has 0 radical (unpaired) electrons. The minimum atomic E-state index is -0.958. The van der Waals surface area contributed by atoms with Crippen LogP contribution in [0.25, 0.3) is 0 Å². The average molecular weight is 238 g/mol. The fraction of sp³-hybridized carbons (Fsp3) is 0.273. The summed E-state index contributed by atoms with van der Waals surface area (Å²) in [5.74, 6) is -0.958. The van der Waals surface area contributed by atoms with E-state index in [9.17, 15) is 4.79 Å². The van der Waals surface area contributed by atoms with Crippen molar-refractivity contribution in [2.45, 2.75) is 6.92 Å². The molecule has 2 N–H and O–H groups in total. The molecule has 0 saturated carbocycles. The predicted molar refractivity (Wildman–Crippen MR) is 68.2 cm³/mol. The van der Waals surface area contributed by atoms with E-state index in [2.05, 4.69) is 5.32 Å². The number of aromatic carboxylic acids is 1. The Kier molecular flexibility index (Phi) is 3.84. The van der Waals surface area contributed by atoms with Gasteiger partial charge < -0.3 is 15.3 Å². The quantitative estimate of drug-likeness (QED) is 0.767. The van der Waals surface area contributed by atoms with Crippen LogP contribution in [0.5, 0.6) is 0 Å². The van der Waals surface area contributed by atoms with Crippen molar-refractivity contribution in [3.63, 3.8) is 0 Å². The first-order valence-electron chi connectivity index (χ1n) is 4.76. The third-order valence-electron chi connectivity index (χ3n) is 2.26. The van der Waals surface area contributed by atoms with Gasteiger partial charge in [-0.15, -0.1) is 0 Å². The molecular formula is C11H14N2O2S. The Morgan fingerprint density at radius 1 is 1.50 bits per heavy atom. The van der Waals surface area contributed by atoms with E-state index < -0.39 is 5.97 Å². The summed E-state index contributed by atoms with van der Waals surface area (Å²) in [7, 11) is 3.44. The molecular weight excluding hydrogens is 224 g/mol. The van der Waals surface area contributed by atoms with Gasteiger partial charge in [0.2, 0.25) is 0 Å². The van der Waals surface area contributed by atoms with E-state index in [0.717, 1.165) is 5.56 Å². The molecule has 0 aliphatic carbocycles. The van der Waals surface area contributed by atoms with Gasteiger partial charge in [-0.2, -0.15) is 0 Å². The number of hydrogen-bond acceptors (Lipinski definition) is 2. The number of carboxylic acids is 1. The van der Waals surface area contributed by atoms with Crippen LogP contribution in [0.15, 0.2) is 18.2 Å². The molecule has 0 bridgehead atoms. The van der Waals surface area contributed by atoms with Crippen LogP contribution in [0.2, 0.25) is 0 Å². The molecule has 1 rings (SSSR count). The molecule has 0 saturated heterocycles. The average Bonchev–Trinajstić information content (AvgIpc) is 2.26. The molecule has 5 heteroatoms. The zero-order valence-electron chi connectivity index (χ0n) is 9.44. The number of rotatable bonds is 2. The maximum absolute atomic E-state index is 11.1. The third-order valence-corrected chi connectivity index (χ3v) is 2.74. The fourth-order valence-electron chi connectivity index (χ4n) is 1.38. The van der Waals surface area contributed by atoms with Crippen LogP contribution in [0.4, 0.5) is 5.69 Å². The van der Waals surface area contributed by atoms with Crippen LogP contribution in [-0.2, 0) is 0 Å². The third kappa shape index (κ3) is 2.49. The Morgan fingerprint density at radius 2 is 2.12 bits per heavy atom. The first-order valence-corrected chi connectivity index (χ1v) is 5.17. The van der Waals surface area contributed by atoms with Crippen molar-refractivity contribution >= 4 is 29.0 Å². The number of anilines is 1. The first kappa shape index (κ1) is 12.4. The van der Waals surface area contributed by atoms with E-state index >= 15 is 0 Å². The summed E-state index contributed by atoms with van der Waals surface area (Å²) >= 11 is 5.07. The van der Waals surface area contributed by atoms with E-state index in [1.165, 1.54) is 0 Å². The molecule has 0 fully saturated rings. The normalized spacial score (nSPS) is 9.69. The van der Waals surface area contributed by atoms with Crippen LogP contribution in [-0.4, -0.2) is 30.3 Å². The second-order valence-corrected chi connectivity index (χ2v) is 3.83. The van der Waals surface area contributed by atoms with E-state index in [0.29, 0.717) is 10.8 Å². The highest BCUT2D eigenvalue weighted by Crippen LogP contribution is 2.21. The van der Waals surface area contributed by atoms with Gasteiger partial charge in [-0.05, 0) is 36.8 Å². The highest BCUT2D eigenvalue weighted by Gasteiger charge is 2.15. The van der Waals surface area contributed by atoms with Crippen LogP contribution in [0.1, 0.15) is 15.9 Å². The number of hydrogen-bond donors (Lipinski definition) is 2. The van der Waals surface area contributed by atoms with Crippen LogP contribution in [0, 0.1) is 6.92 Å². The Balaban J connectivity index is 3.24. The molecule has 4 nitrogen and oxygen atoms in total. The van der Waals surface area contributed by atoms with Gasteiger partial charge in [-0.1, -0.05) is 6.07 Å². The van der Waals surface area contributed by atoms with Crippen LogP contribution < -0.4 is 10.2 Å². The lowest BCUT2D eigenvalue weighted by molar-refractivity contribution is 0.0698. The minimum absolute atomic E-state index is 0.241. The summed E-state index contributed by atoms with van der Waals surface area (Å²) in [6.45, 7) is 1.91. The number of aryl methyl sites for hydroxylation is 1. The Morgan fingerprint density at radius 3 is 2.62 bits per heavy atom. The van der Waals surface area contributed by atoms with Crippen molar-refractivity contribution in [1.29, 1.82) is 0 Å². The Bertz CT molecular complexity index is 432. The molecule has 0 spiro atoms. The van der Waals surface area contributed by atoms with Crippen molar-refractivity contribution in [1.82, 2.24) is 5.32 Å². The Labute approximate surface area is 99.9 Å². The Hall–Kier alpha value is -1.62. The molecule has 1 aromatic rings. The monoisotopic (exact) mass is 238 g/mol. The lowest BCUT2D eigenvalue weighted by Gasteiger charge is -2.21. The van der Waals surface area contributed by atoms with Crippen molar-refractivity contribution in [2.24, 2.45) is 0 Å². The van der Waals surface area contributed by atoms with Crippen molar-refractivity contribution in [2.75, 3.05) is 19.0 Å². The topological polar surface area (TPSA) is 52.6 Å². The first-order chi connectivity index (χ1) is 7.47. The zero-order valence-corrected chi connectivity index (χ0v) is 10.3. The van der Waals surface area contributed by atoms with Gasteiger partial charge >= 0.3 is 5.97 Å². The van der Waals surface area contributed by atoms with E-state index in [1.807, 2.05) is 6.92 Å². The number of carbonyl (C=O) groups is 1. The molecule has 86 valence electrons. The maximum Gasteiger partial charge on any atom is 0.337 e. The smallest absolute Gasteiger partial charge is 0.337 e. The highest BCUT2D eigenvalue weighted by molar-refractivity contribution is 7.80. The number of carboxylic acid groups (broad SMARTS) is 1. The molecule has 0 aliphatic rings. The standard InChI is InChI=1S/C11H14N2O2S/c1-7-4-5-8(10(14)15)9(6-7)13(3)11(16)12-2/h4-6H,1-3H3,(H,12,16)(H,14,15). The highest BCUT2D eigenvalue weighted by atomic mass is 32.1. The molecule has 0 aromatic heterocycles. The molecule has 1 aromatic carbocycles. The summed E-state index contributed by atoms with van der Waals surface area (Å²) in [4.78, 5) is 12.7. The number of benzene rings is 1. The van der Waals surface area contributed by atoms with Gasteiger partial charge in [0.15, 0.2) is 5.11 Å². The fourth-order valence-corrected chi connectivity index (χ4v) is 1.48. The largest absolute Gasteiger partial charge is 0.478 e. The maximum atomic E-state index is 11.1. The van der Waals surface area contributed by atoms with Crippen molar-refractivity contribution in [3.05, 3.63) is 29.3 Å². The summed E-state index contributed by atoms with van der Waals surface area (Å²) in [5.41, 5.74) is 1.82. The molecule has 0 aliphatic heterocycles. The second kappa shape index (κ2) is 4.94. The van der Waals surface area contributed by atoms with Crippen molar-refractivity contribution in [3.8, 4) is 0 Å². The SMILES string of the molecule is CNC(=S)N(C)c1cc(C)ccc1C(=O)O. The summed E-state index contributed by atoms with van der Waals surface area (Å²) < 4.78 is 0. The van der Waals surface area contributed by atoms with Gasteiger partial charge in [0, 0.05) is 14.1 Å². The van der Waals surface area contributed by atoms with Crippen molar-refractivity contribution < 1.29 is 9.90 Å². The summed E-state index contributed by atoms with van der Waals surface area (Å²) in [5, 5.41) is 12.4. The second-order valence-electron chi connectivity index (χ2n) is 3.44. The van der Waals surface area contributed by atoms with Crippen LogP contribution >= 0.6 is 12.2 Å². The predicted octanol–water partition coefficient (Wildman–Crippen LogP) is 1.63. The minimum Gasteiger partial charge on any atom is -0.478 e. The number of thiocarbonyl (C=S) groups is 1. The van der Waals surface area contributed by atoms with Crippen LogP contribution in [0.3, 0.4) is 0 Å². The number of nitrogens with zero attached hydrogens (tertiary/aromatic N) is 1. The van der Waals surface area contributed by atoms with Gasteiger partial charge in [-0.3, -0.25) is 0 Å². The summed E-state index contributed by atoms with van der Waals surface area (Å²) in [6.07, 6.45) is 0. The lowest BCUT2D eigenvalue weighted by atomic mass is 10.1. The van der Waals surface area contributed by atoms with Gasteiger partial charge in [-0.25, -0.2) is 4.79 Å². The van der Waals surface area contributed by atoms with Gasteiger partial charge in [0.25, 0.3) is 0 Å². The molecule has 0 atom stereocenters. The molecule has 0 amide bonds. The van der Waals surface area contributed by atoms with E-state index in [1.54, 1.807) is 37.2 Å². The number of nitrogens with one attached hydrogen (secondary N) is 1. The summed E-state index contributed by atoms with van der Waals surface area (Å²) in [6, 6.07) is 5.15. The lowest BCUT2D eigenvalue weighted by Crippen LogP contribution is -2.35. The van der Waals surface area contributed by atoms with Gasteiger partial charge in [0.1, 0.15) is 0 Å². The molecule has 16 heavy (non-hydrogen) atoms. The molecule has 0 heterocycles. The zero-order chi connectivity index (χ0) is 12.3. The van der Waals surface area contributed by atoms with Gasteiger partial charge in [0.05, 0.1) is 11.3 Å².